The number of nitrogens with zero attached hydrogens (tertiary/aromatic N) is 4. The highest BCUT2D eigenvalue weighted by Gasteiger charge is 2.28. The summed E-state index contributed by atoms with van der Waals surface area (Å²) in [5.74, 6) is -1.50. The summed E-state index contributed by atoms with van der Waals surface area (Å²) in [5.41, 5.74) is 1.31. The first-order chi connectivity index (χ1) is 16.3. The first-order valence-electron chi connectivity index (χ1n) is 11.4. The minimum atomic E-state index is -0.670. The zero-order valence-corrected chi connectivity index (χ0v) is 19.1. The van der Waals surface area contributed by atoms with Crippen molar-refractivity contribution in [3.63, 3.8) is 0 Å². The van der Waals surface area contributed by atoms with Crippen LogP contribution in [-0.4, -0.2) is 57.5 Å². The summed E-state index contributed by atoms with van der Waals surface area (Å²) in [7, 11) is 0. The summed E-state index contributed by atoms with van der Waals surface area (Å²) in [6.07, 6.45) is 1.90. The summed E-state index contributed by atoms with van der Waals surface area (Å²) in [5, 5.41) is 2.81. The Bertz CT molecular complexity index is 1320. The van der Waals surface area contributed by atoms with E-state index in [2.05, 4.69) is 25.2 Å². The van der Waals surface area contributed by atoms with Crippen molar-refractivity contribution in [2.24, 2.45) is 0 Å². The third kappa shape index (κ3) is 4.37. The molecule has 1 aliphatic heterocycles. The van der Waals surface area contributed by atoms with E-state index in [-0.39, 0.29) is 29.2 Å². The van der Waals surface area contributed by atoms with E-state index in [1.165, 1.54) is 0 Å². The number of pyridine rings is 1. The van der Waals surface area contributed by atoms with Gasteiger partial charge in [0.25, 0.3) is 11.5 Å². The van der Waals surface area contributed by atoms with Gasteiger partial charge in [-0.15, -0.1) is 0 Å². The fraction of sp³-hybridized carbons (Fsp3) is 0.417. The molecule has 34 heavy (non-hydrogen) atoms. The van der Waals surface area contributed by atoms with Crippen LogP contribution in [-0.2, 0) is 6.54 Å². The highest BCUT2D eigenvalue weighted by Crippen LogP contribution is 2.26. The summed E-state index contributed by atoms with van der Waals surface area (Å²) >= 11 is 0. The maximum Gasteiger partial charge on any atom is 0.270 e. The Labute approximate surface area is 195 Å². The highest BCUT2D eigenvalue weighted by molar-refractivity contribution is 5.92. The number of carbonyl (C=O) groups is 1. The molecule has 2 N–H and O–H groups in total. The van der Waals surface area contributed by atoms with Crippen molar-refractivity contribution in [2.75, 3.05) is 24.5 Å². The van der Waals surface area contributed by atoms with Crippen LogP contribution in [0.15, 0.2) is 29.1 Å². The lowest BCUT2D eigenvalue weighted by atomic mass is 10.1. The molecule has 3 heterocycles. The molecule has 8 nitrogen and oxygen atoms in total. The zero-order chi connectivity index (χ0) is 24.0. The number of H-pyrrole nitrogens is 1. The molecule has 5 rings (SSSR count). The zero-order valence-electron chi connectivity index (χ0n) is 19.1. The number of aromatic amines is 1. The molecule has 1 aliphatic carbocycles. The highest BCUT2D eigenvalue weighted by atomic mass is 19.1. The minimum Gasteiger partial charge on any atom is -0.363 e. The molecule has 2 aromatic heterocycles. The van der Waals surface area contributed by atoms with Gasteiger partial charge in [0.1, 0.15) is 16.9 Å². The van der Waals surface area contributed by atoms with Crippen LogP contribution < -0.4 is 15.8 Å². The van der Waals surface area contributed by atoms with E-state index in [0.717, 1.165) is 12.8 Å². The number of hydrogen-bond acceptors (Lipinski definition) is 6. The number of amides is 1. The predicted molar refractivity (Wildman–Crippen MR) is 124 cm³/mol. The van der Waals surface area contributed by atoms with Crippen molar-refractivity contribution in [2.45, 2.75) is 45.3 Å². The molecule has 0 bridgehead atoms. The Morgan fingerprint density at radius 2 is 1.97 bits per heavy atom. The van der Waals surface area contributed by atoms with Crippen LogP contribution in [0.5, 0.6) is 0 Å². The van der Waals surface area contributed by atoms with E-state index in [0.29, 0.717) is 48.6 Å². The van der Waals surface area contributed by atoms with Gasteiger partial charge in [-0.3, -0.25) is 14.5 Å². The number of halogens is 2. The molecule has 0 unspecified atom stereocenters. The lowest BCUT2D eigenvalue weighted by Gasteiger charge is -2.41. The number of piperazine rings is 1. The first kappa shape index (κ1) is 22.4. The molecular weight excluding hydrogens is 442 g/mol. The number of benzene rings is 1. The van der Waals surface area contributed by atoms with Crippen molar-refractivity contribution < 1.29 is 13.6 Å². The Balaban J connectivity index is 1.28. The van der Waals surface area contributed by atoms with E-state index in [4.69, 9.17) is 0 Å². The number of nitrogens with one attached hydrogen (secondary N) is 2. The van der Waals surface area contributed by atoms with Crippen LogP contribution in [0.3, 0.4) is 0 Å². The second-order valence-corrected chi connectivity index (χ2v) is 9.12. The monoisotopic (exact) mass is 468 g/mol. The number of aromatic nitrogens is 3. The molecule has 1 atom stereocenters. The average Bonchev–Trinajstić information content (AvgIpc) is 3.62. The maximum atomic E-state index is 15.1. The molecule has 1 aromatic carbocycles. The van der Waals surface area contributed by atoms with Gasteiger partial charge in [-0.2, -0.15) is 4.39 Å². The Morgan fingerprint density at radius 3 is 2.68 bits per heavy atom. The van der Waals surface area contributed by atoms with Gasteiger partial charge < -0.3 is 15.2 Å². The van der Waals surface area contributed by atoms with Crippen LogP contribution >= 0.6 is 0 Å². The van der Waals surface area contributed by atoms with E-state index < -0.39 is 17.3 Å². The average molecular weight is 469 g/mol. The Morgan fingerprint density at radius 1 is 1.18 bits per heavy atom. The second-order valence-electron chi connectivity index (χ2n) is 9.12. The molecular formula is C24H26F2N6O2. The van der Waals surface area contributed by atoms with Crippen molar-refractivity contribution in [3.8, 4) is 0 Å². The van der Waals surface area contributed by atoms with E-state index >= 15 is 4.39 Å². The van der Waals surface area contributed by atoms with Gasteiger partial charge in [0.2, 0.25) is 5.95 Å². The molecule has 2 fully saturated rings. The molecule has 1 saturated heterocycles. The smallest absolute Gasteiger partial charge is 0.270 e. The number of hydrogen-bond donors (Lipinski definition) is 2. The van der Waals surface area contributed by atoms with Crippen LogP contribution in [0.2, 0.25) is 0 Å². The van der Waals surface area contributed by atoms with Gasteiger partial charge >= 0.3 is 0 Å². The Hall–Kier alpha value is -3.40. The molecule has 0 spiro atoms. The lowest BCUT2D eigenvalue weighted by Crippen LogP contribution is -2.52. The molecule has 2 aliphatic rings. The molecule has 1 saturated carbocycles. The largest absolute Gasteiger partial charge is 0.363 e. The predicted octanol–water partition coefficient (Wildman–Crippen LogP) is 2.51. The standard InChI is InChI=1S/C24H26F2N6O2/c1-13-11-31(12-15-3-6-17-21(20(15)25)30-23(33)14(2)27-17)9-10-32(13)19-8-7-18(29-22(19)26)24(34)28-16-4-5-16/h3,6-8,13,16H,4-5,9-12H2,1-2H3,(H,28,34)(H,30,33)/t13-/m1/s1. The van der Waals surface area contributed by atoms with Crippen molar-refractivity contribution in [1.29, 1.82) is 0 Å². The van der Waals surface area contributed by atoms with E-state index in [1.807, 2.05) is 11.8 Å². The molecule has 1 amide bonds. The number of carbonyl (C=O) groups excluding carboxylic acids is 1. The third-order valence-electron chi connectivity index (χ3n) is 6.44. The molecule has 0 radical (unpaired) electrons. The van der Waals surface area contributed by atoms with Crippen LogP contribution in [0.1, 0.15) is 41.5 Å². The summed E-state index contributed by atoms with van der Waals surface area (Å²) in [6.45, 7) is 5.62. The quantitative estimate of drug-likeness (QED) is 0.559. The van der Waals surface area contributed by atoms with Gasteiger partial charge in [0, 0.05) is 43.8 Å². The fourth-order valence-electron chi connectivity index (χ4n) is 4.41. The van der Waals surface area contributed by atoms with E-state index in [1.54, 1.807) is 31.2 Å². The molecule has 10 heteroatoms. The maximum absolute atomic E-state index is 15.1. The summed E-state index contributed by atoms with van der Waals surface area (Å²) in [4.78, 5) is 38.6. The lowest BCUT2D eigenvalue weighted by molar-refractivity contribution is 0.0945. The van der Waals surface area contributed by atoms with Gasteiger partial charge in [0.05, 0.1) is 11.2 Å². The van der Waals surface area contributed by atoms with Gasteiger partial charge in [-0.1, -0.05) is 6.07 Å². The third-order valence-corrected chi connectivity index (χ3v) is 6.44. The van der Waals surface area contributed by atoms with Gasteiger partial charge in [-0.05, 0) is 44.9 Å². The van der Waals surface area contributed by atoms with Crippen molar-refractivity contribution >= 4 is 22.6 Å². The second kappa shape index (κ2) is 8.75. The van der Waals surface area contributed by atoms with Crippen LogP contribution in [0.25, 0.3) is 11.0 Å². The number of aryl methyl sites for hydroxylation is 1. The number of fused-ring (bicyclic) bond motifs is 1. The van der Waals surface area contributed by atoms with Gasteiger partial charge in [-0.25, -0.2) is 14.4 Å². The van der Waals surface area contributed by atoms with Crippen molar-refractivity contribution in [1.82, 2.24) is 25.2 Å². The molecule has 3 aromatic rings. The van der Waals surface area contributed by atoms with E-state index in [9.17, 15) is 14.0 Å². The van der Waals surface area contributed by atoms with Crippen LogP contribution in [0.4, 0.5) is 14.5 Å². The van der Waals surface area contributed by atoms with Crippen molar-refractivity contribution in [3.05, 3.63) is 63.3 Å². The molecule has 178 valence electrons. The topological polar surface area (TPSA) is 94.2 Å². The minimum absolute atomic E-state index is 0.0520. The first-order valence-corrected chi connectivity index (χ1v) is 11.4. The Kier molecular flexibility index (Phi) is 5.76. The van der Waals surface area contributed by atoms with Gasteiger partial charge in [0.15, 0.2) is 5.82 Å². The number of rotatable bonds is 5. The summed E-state index contributed by atoms with van der Waals surface area (Å²) < 4.78 is 29.9. The summed E-state index contributed by atoms with van der Waals surface area (Å²) in [6, 6.07) is 6.68. The fourth-order valence-corrected chi connectivity index (χ4v) is 4.41. The SMILES string of the molecule is Cc1nc2ccc(CN3CCN(c4ccc(C(=O)NC5CC5)nc4F)[C@H](C)C3)c(F)c2[nH]c1=O. The van der Waals surface area contributed by atoms with Crippen LogP contribution in [0, 0.1) is 18.7 Å². The normalized spacial score (nSPS) is 18.9. The number of anilines is 1.